The first-order valence-electron chi connectivity index (χ1n) is 7.21. The van der Waals surface area contributed by atoms with Gasteiger partial charge in [-0.15, -0.1) is 0 Å². The van der Waals surface area contributed by atoms with Gasteiger partial charge in [0, 0.05) is 0 Å². The van der Waals surface area contributed by atoms with Gasteiger partial charge in [0.25, 0.3) is 0 Å². The van der Waals surface area contributed by atoms with Crippen LogP contribution in [0.15, 0.2) is 24.3 Å². The lowest BCUT2D eigenvalue weighted by atomic mass is 9.63. The van der Waals surface area contributed by atoms with Crippen molar-refractivity contribution in [3.8, 4) is 0 Å². The molecule has 0 saturated carbocycles. The minimum absolute atomic E-state index is 0.109. The number of fused-ring (bicyclic) bond motifs is 1. The standard InChI is InChI=1S/C18H26O/c1-13(8-11-19)14-6-7-15-16(12-14)18(4,5)10-9-17(15,2)3/h6-8,12,19H,9-11H2,1-5H3/b13-8-. The predicted octanol–water partition coefficient (Wildman–Crippen LogP) is 4.43. The highest BCUT2D eigenvalue weighted by Gasteiger charge is 2.36. The zero-order valence-corrected chi connectivity index (χ0v) is 12.9. The van der Waals surface area contributed by atoms with E-state index in [0.29, 0.717) is 0 Å². The van der Waals surface area contributed by atoms with Crippen LogP contribution in [0.2, 0.25) is 0 Å². The van der Waals surface area contributed by atoms with E-state index < -0.39 is 0 Å². The van der Waals surface area contributed by atoms with Gasteiger partial charge in [0.2, 0.25) is 0 Å². The number of benzene rings is 1. The summed E-state index contributed by atoms with van der Waals surface area (Å²) in [6, 6.07) is 6.82. The number of rotatable bonds is 2. The average molecular weight is 258 g/mol. The Hall–Kier alpha value is -1.08. The molecule has 0 aliphatic heterocycles. The quantitative estimate of drug-likeness (QED) is 0.832. The second-order valence-corrected chi connectivity index (χ2v) is 7.10. The summed E-state index contributed by atoms with van der Waals surface area (Å²) in [7, 11) is 0. The monoisotopic (exact) mass is 258 g/mol. The molecule has 19 heavy (non-hydrogen) atoms. The van der Waals surface area contributed by atoms with Crippen LogP contribution in [0.3, 0.4) is 0 Å². The molecule has 0 heterocycles. The van der Waals surface area contributed by atoms with Crippen LogP contribution in [-0.4, -0.2) is 11.7 Å². The third-order valence-electron chi connectivity index (χ3n) is 4.71. The van der Waals surface area contributed by atoms with Gasteiger partial charge in [0.05, 0.1) is 6.61 Å². The van der Waals surface area contributed by atoms with Gasteiger partial charge >= 0.3 is 0 Å². The third kappa shape index (κ3) is 2.62. The minimum atomic E-state index is 0.109. The SMILES string of the molecule is C/C(=C/CO)c1ccc2c(c1)C(C)(C)CCC2(C)C. The van der Waals surface area contributed by atoms with Crippen LogP contribution in [0.1, 0.15) is 64.2 Å². The fourth-order valence-electron chi connectivity index (χ4n) is 3.09. The lowest BCUT2D eigenvalue weighted by Gasteiger charge is -2.42. The van der Waals surface area contributed by atoms with E-state index in [-0.39, 0.29) is 17.4 Å². The summed E-state index contributed by atoms with van der Waals surface area (Å²) in [4.78, 5) is 0. The van der Waals surface area contributed by atoms with Crippen molar-refractivity contribution in [2.45, 2.75) is 58.3 Å². The van der Waals surface area contributed by atoms with Crippen molar-refractivity contribution in [3.63, 3.8) is 0 Å². The molecule has 1 heteroatoms. The maximum Gasteiger partial charge on any atom is 0.0618 e. The zero-order valence-electron chi connectivity index (χ0n) is 12.9. The molecule has 0 fully saturated rings. The lowest BCUT2D eigenvalue weighted by Crippen LogP contribution is -2.33. The van der Waals surface area contributed by atoms with Crippen LogP contribution in [0.25, 0.3) is 5.57 Å². The van der Waals surface area contributed by atoms with Gasteiger partial charge in [0.1, 0.15) is 0 Å². The summed E-state index contributed by atoms with van der Waals surface area (Å²) in [6.45, 7) is 11.6. The Balaban J connectivity index is 2.57. The summed E-state index contributed by atoms with van der Waals surface area (Å²) < 4.78 is 0. The molecule has 1 aromatic rings. The van der Waals surface area contributed by atoms with Gasteiger partial charge in [-0.05, 0) is 52.9 Å². The van der Waals surface area contributed by atoms with Crippen molar-refractivity contribution in [2.75, 3.05) is 6.61 Å². The molecule has 0 amide bonds. The Morgan fingerprint density at radius 2 is 1.68 bits per heavy atom. The molecule has 0 unspecified atom stereocenters. The molecular formula is C18H26O. The molecule has 0 bridgehead atoms. The molecule has 0 saturated heterocycles. The minimum Gasteiger partial charge on any atom is -0.392 e. The van der Waals surface area contributed by atoms with Crippen molar-refractivity contribution in [1.82, 2.24) is 0 Å². The summed E-state index contributed by atoms with van der Waals surface area (Å²) in [6.07, 6.45) is 4.36. The molecule has 1 aromatic carbocycles. The summed E-state index contributed by atoms with van der Waals surface area (Å²) in [5.41, 5.74) is 5.89. The van der Waals surface area contributed by atoms with Crippen LogP contribution in [0, 0.1) is 0 Å². The smallest absolute Gasteiger partial charge is 0.0618 e. The largest absolute Gasteiger partial charge is 0.392 e. The highest BCUT2D eigenvalue weighted by atomic mass is 16.2. The number of allylic oxidation sites excluding steroid dienone is 1. The fourth-order valence-corrected chi connectivity index (χ4v) is 3.09. The van der Waals surface area contributed by atoms with Crippen molar-refractivity contribution >= 4 is 5.57 Å². The van der Waals surface area contributed by atoms with E-state index in [1.165, 1.54) is 29.5 Å². The van der Waals surface area contributed by atoms with E-state index in [2.05, 4.69) is 52.8 Å². The fraction of sp³-hybridized carbons (Fsp3) is 0.556. The van der Waals surface area contributed by atoms with E-state index in [1.807, 2.05) is 6.08 Å². The van der Waals surface area contributed by atoms with Crippen molar-refractivity contribution in [1.29, 1.82) is 0 Å². The molecule has 0 spiro atoms. The predicted molar refractivity (Wildman–Crippen MR) is 82.5 cm³/mol. The molecule has 104 valence electrons. The van der Waals surface area contributed by atoms with Gasteiger partial charge < -0.3 is 5.11 Å². The van der Waals surface area contributed by atoms with Gasteiger partial charge in [0.15, 0.2) is 0 Å². The number of hydrogen-bond acceptors (Lipinski definition) is 1. The summed E-state index contributed by atoms with van der Waals surface area (Å²) in [5, 5.41) is 9.05. The van der Waals surface area contributed by atoms with Crippen molar-refractivity contribution in [3.05, 3.63) is 41.0 Å². The molecular weight excluding hydrogens is 232 g/mol. The first-order chi connectivity index (χ1) is 8.78. The lowest BCUT2D eigenvalue weighted by molar-refractivity contribution is 0.332. The number of hydrogen-bond donors (Lipinski definition) is 1. The van der Waals surface area contributed by atoms with Gasteiger partial charge in [-0.2, -0.15) is 0 Å². The normalized spacial score (nSPS) is 21.1. The Kier molecular flexibility index (Phi) is 3.61. The first kappa shape index (κ1) is 14.3. The second-order valence-electron chi connectivity index (χ2n) is 7.10. The molecule has 1 nitrogen and oxygen atoms in total. The van der Waals surface area contributed by atoms with E-state index in [9.17, 15) is 0 Å². The molecule has 1 aliphatic rings. The van der Waals surface area contributed by atoms with Crippen molar-refractivity contribution in [2.24, 2.45) is 0 Å². The molecule has 0 atom stereocenters. The second kappa shape index (κ2) is 4.79. The number of aliphatic hydroxyl groups excluding tert-OH is 1. The van der Waals surface area contributed by atoms with Crippen LogP contribution in [0.5, 0.6) is 0 Å². The highest BCUT2D eigenvalue weighted by Crippen LogP contribution is 2.46. The maximum atomic E-state index is 9.05. The van der Waals surface area contributed by atoms with E-state index >= 15 is 0 Å². The van der Waals surface area contributed by atoms with Gasteiger partial charge in [-0.25, -0.2) is 0 Å². The molecule has 0 aromatic heterocycles. The van der Waals surface area contributed by atoms with Gasteiger partial charge in [-0.1, -0.05) is 52.0 Å². The van der Waals surface area contributed by atoms with Crippen molar-refractivity contribution < 1.29 is 5.11 Å². The van der Waals surface area contributed by atoms with E-state index in [1.54, 1.807) is 0 Å². The third-order valence-corrected chi connectivity index (χ3v) is 4.71. The van der Waals surface area contributed by atoms with Gasteiger partial charge in [-0.3, -0.25) is 0 Å². The van der Waals surface area contributed by atoms with E-state index in [0.717, 1.165) is 5.57 Å². The Morgan fingerprint density at radius 3 is 2.26 bits per heavy atom. The molecule has 2 rings (SSSR count). The molecule has 1 N–H and O–H groups in total. The van der Waals surface area contributed by atoms with Crippen LogP contribution >= 0.6 is 0 Å². The van der Waals surface area contributed by atoms with E-state index in [4.69, 9.17) is 5.11 Å². The maximum absolute atomic E-state index is 9.05. The van der Waals surface area contributed by atoms with Crippen LogP contribution in [0.4, 0.5) is 0 Å². The zero-order chi connectivity index (χ0) is 14.3. The average Bonchev–Trinajstić information content (AvgIpc) is 2.35. The topological polar surface area (TPSA) is 20.2 Å². The van der Waals surface area contributed by atoms with Crippen LogP contribution < -0.4 is 0 Å². The Labute approximate surface area is 117 Å². The first-order valence-corrected chi connectivity index (χ1v) is 7.21. The number of aliphatic hydroxyl groups is 1. The van der Waals surface area contributed by atoms with Crippen LogP contribution in [-0.2, 0) is 10.8 Å². The molecule has 0 radical (unpaired) electrons. The summed E-state index contributed by atoms with van der Waals surface area (Å²) in [5.74, 6) is 0. The Bertz CT molecular complexity index is 506. The Morgan fingerprint density at radius 1 is 1.11 bits per heavy atom. The highest BCUT2D eigenvalue weighted by molar-refractivity contribution is 5.66. The molecule has 1 aliphatic carbocycles. The summed E-state index contributed by atoms with van der Waals surface area (Å²) >= 11 is 0.